The highest BCUT2D eigenvalue weighted by Crippen LogP contribution is 2.37. The number of benzene rings is 4. The molecule has 0 bridgehead atoms. The Hall–Kier alpha value is -2.04. The Labute approximate surface area is 197 Å². The van der Waals surface area contributed by atoms with Gasteiger partial charge in [0.25, 0.3) is 0 Å². The number of rotatable bonds is 10. The molecule has 0 amide bonds. The van der Waals surface area contributed by atoms with Crippen molar-refractivity contribution in [1.82, 2.24) is 0 Å². The minimum absolute atomic E-state index is 0.257. The Kier molecular flexibility index (Phi) is 8.86. The first-order chi connectivity index (χ1) is 15.8. The van der Waals surface area contributed by atoms with Crippen molar-refractivity contribution >= 4 is 45.9 Å². The molecule has 0 spiro atoms. The third kappa shape index (κ3) is 6.49. The molecule has 4 rings (SSSR count). The van der Waals surface area contributed by atoms with E-state index in [2.05, 4.69) is 128 Å². The van der Waals surface area contributed by atoms with E-state index in [9.17, 15) is 0 Å². The normalized spacial score (nSPS) is 11.4. The van der Waals surface area contributed by atoms with Crippen molar-refractivity contribution in [3.63, 3.8) is 0 Å². The van der Waals surface area contributed by atoms with E-state index in [4.69, 9.17) is 0 Å². The van der Waals surface area contributed by atoms with Gasteiger partial charge in [-0.1, -0.05) is 140 Å². The quantitative estimate of drug-likeness (QED) is 0.194. The van der Waals surface area contributed by atoms with Crippen LogP contribution < -0.4 is 21.2 Å². The minimum Gasteiger partial charge on any atom is -0.0720 e. The summed E-state index contributed by atoms with van der Waals surface area (Å²) in [5, 5.41) is 6.08. The molecule has 4 aromatic carbocycles. The monoisotopic (exact) mass is 470 g/mol. The maximum atomic E-state index is 2.59. The van der Waals surface area contributed by atoms with Gasteiger partial charge in [0, 0.05) is 8.80 Å². The van der Waals surface area contributed by atoms with Gasteiger partial charge in [-0.15, -0.1) is 0 Å². The van der Waals surface area contributed by atoms with Crippen LogP contribution in [0.2, 0.25) is 18.6 Å². The Morgan fingerprint density at radius 1 is 0.438 bits per heavy atom. The zero-order chi connectivity index (χ0) is 22.0. The van der Waals surface area contributed by atoms with E-state index < -0.39 is 8.80 Å². The lowest BCUT2D eigenvalue weighted by Gasteiger charge is -2.23. The van der Waals surface area contributed by atoms with E-state index in [-0.39, 0.29) is 15.8 Å². The van der Waals surface area contributed by atoms with Gasteiger partial charge in [0.2, 0.25) is 0 Å². The second kappa shape index (κ2) is 12.3. The molecular formula is C29H32P2Si. The smallest absolute Gasteiger partial charge is 0.0344 e. The van der Waals surface area contributed by atoms with Gasteiger partial charge in [-0.25, -0.2) is 0 Å². The lowest BCUT2D eigenvalue weighted by atomic mass is 10.4. The molecule has 0 aromatic heterocycles. The van der Waals surface area contributed by atoms with E-state index in [1.54, 1.807) is 0 Å². The Balaban J connectivity index is 1.42. The highest BCUT2D eigenvalue weighted by molar-refractivity contribution is 7.73. The van der Waals surface area contributed by atoms with E-state index in [1.165, 1.54) is 45.6 Å². The average Bonchev–Trinajstić information content (AvgIpc) is 2.87. The van der Waals surface area contributed by atoms with Gasteiger partial charge < -0.3 is 0 Å². The molecule has 0 N–H and O–H groups in total. The average molecular weight is 471 g/mol. The van der Waals surface area contributed by atoms with Crippen molar-refractivity contribution in [2.45, 2.75) is 18.6 Å². The number of hydrogen-bond donors (Lipinski definition) is 0. The van der Waals surface area contributed by atoms with E-state index in [0.29, 0.717) is 0 Å². The largest absolute Gasteiger partial charge is 0.0720 e. The van der Waals surface area contributed by atoms with Crippen molar-refractivity contribution in [2.24, 2.45) is 0 Å². The fourth-order valence-electron chi connectivity index (χ4n) is 4.09. The first-order valence-electron chi connectivity index (χ1n) is 11.6. The van der Waals surface area contributed by atoms with Crippen LogP contribution in [0.5, 0.6) is 0 Å². The summed E-state index contributed by atoms with van der Waals surface area (Å²) in [6.45, 7) is 2.59. The van der Waals surface area contributed by atoms with Gasteiger partial charge in [-0.2, -0.15) is 0 Å². The Bertz CT molecular complexity index is 874. The summed E-state index contributed by atoms with van der Waals surface area (Å²) in [7, 11) is -1.29. The zero-order valence-electron chi connectivity index (χ0n) is 18.8. The molecule has 32 heavy (non-hydrogen) atoms. The van der Waals surface area contributed by atoms with Gasteiger partial charge in [-0.3, -0.25) is 0 Å². The number of hydrogen-bond acceptors (Lipinski definition) is 0. The molecular weight excluding hydrogens is 438 g/mol. The molecule has 3 heteroatoms. The summed E-state index contributed by atoms with van der Waals surface area (Å²) < 4.78 is 0. The van der Waals surface area contributed by atoms with Crippen molar-refractivity contribution in [3.05, 3.63) is 121 Å². The van der Waals surface area contributed by atoms with Crippen LogP contribution in [0, 0.1) is 0 Å². The molecule has 0 fully saturated rings. The third-order valence-electron chi connectivity index (χ3n) is 5.96. The maximum absolute atomic E-state index is 2.59. The highest BCUT2D eigenvalue weighted by atomic mass is 31.1. The molecule has 0 nitrogen and oxygen atoms in total. The lowest BCUT2D eigenvalue weighted by molar-refractivity contribution is 1.32. The Morgan fingerprint density at radius 2 is 0.688 bits per heavy atom. The van der Waals surface area contributed by atoms with Crippen LogP contribution in [-0.2, 0) is 0 Å². The molecule has 0 aliphatic carbocycles. The van der Waals surface area contributed by atoms with Crippen LogP contribution in [0.3, 0.4) is 0 Å². The summed E-state index contributed by atoms with van der Waals surface area (Å²) in [4.78, 5) is 0. The van der Waals surface area contributed by atoms with Gasteiger partial charge in [0.05, 0.1) is 0 Å². The zero-order valence-corrected chi connectivity index (χ0v) is 21.8. The predicted octanol–water partition coefficient (Wildman–Crippen LogP) is 6.11. The van der Waals surface area contributed by atoms with Crippen LogP contribution in [0.15, 0.2) is 121 Å². The fraction of sp³-hybridized carbons (Fsp3) is 0.172. The first kappa shape index (κ1) is 23.1. The van der Waals surface area contributed by atoms with Gasteiger partial charge in [0.15, 0.2) is 0 Å². The van der Waals surface area contributed by atoms with Crippen molar-refractivity contribution < 1.29 is 0 Å². The van der Waals surface area contributed by atoms with Gasteiger partial charge in [-0.05, 0) is 49.4 Å². The van der Waals surface area contributed by atoms with E-state index in [1.807, 2.05) is 0 Å². The molecule has 0 aliphatic rings. The van der Waals surface area contributed by atoms with Crippen LogP contribution in [-0.4, -0.2) is 21.1 Å². The van der Waals surface area contributed by atoms with Crippen LogP contribution in [0.25, 0.3) is 0 Å². The predicted molar refractivity (Wildman–Crippen MR) is 151 cm³/mol. The highest BCUT2D eigenvalue weighted by Gasteiger charge is 2.18. The van der Waals surface area contributed by atoms with Crippen LogP contribution in [0.4, 0.5) is 0 Å². The molecule has 0 unspecified atom stereocenters. The van der Waals surface area contributed by atoms with Crippen molar-refractivity contribution in [3.8, 4) is 0 Å². The van der Waals surface area contributed by atoms with E-state index >= 15 is 0 Å². The van der Waals surface area contributed by atoms with Gasteiger partial charge in [0.1, 0.15) is 0 Å². The van der Waals surface area contributed by atoms with Crippen LogP contribution in [0.1, 0.15) is 0 Å². The van der Waals surface area contributed by atoms with Gasteiger partial charge >= 0.3 is 0 Å². The van der Waals surface area contributed by atoms with E-state index in [0.717, 1.165) is 0 Å². The summed E-state index contributed by atoms with van der Waals surface area (Å²) in [5.41, 5.74) is 0. The molecule has 162 valence electrons. The molecule has 0 heterocycles. The molecule has 0 aliphatic heterocycles. The topological polar surface area (TPSA) is 0 Å². The summed E-state index contributed by atoms with van der Waals surface area (Å²) in [6, 6.07) is 47.6. The summed E-state index contributed by atoms with van der Waals surface area (Å²) >= 11 is 0. The SMILES string of the molecule is C[SiH](CCP(c1ccccc1)c1ccccc1)CCP(c1ccccc1)c1ccccc1. The third-order valence-corrected chi connectivity index (χ3v) is 14.6. The molecule has 0 atom stereocenters. The van der Waals surface area contributed by atoms with Crippen molar-refractivity contribution in [2.75, 3.05) is 12.3 Å². The first-order valence-corrected chi connectivity index (χ1v) is 17.4. The molecule has 0 radical (unpaired) electrons. The Morgan fingerprint density at radius 3 is 0.938 bits per heavy atom. The fourth-order valence-corrected chi connectivity index (χ4v) is 13.7. The second-order valence-electron chi connectivity index (χ2n) is 8.33. The minimum atomic E-state index is -0.776. The molecule has 0 saturated carbocycles. The second-order valence-corrected chi connectivity index (χ2v) is 16.4. The summed E-state index contributed by atoms with van der Waals surface area (Å²) in [5.74, 6) is 0. The van der Waals surface area contributed by atoms with Crippen LogP contribution >= 0.6 is 15.8 Å². The standard InChI is InChI=1S/C29H32P2Si/c1-32(24-22-30(26-14-6-2-7-15-26)27-16-8-3-9-17-27)25-23-31(28-18-10-4-11-19-28)29-20-12-5-13-21-29/h2-21,32H,22-25H2,1H3. The lowest BCUT2D eigenvalue weighted by Crippen LogP contribution is -2.20. The summed E-state index contributed by atoms with van der Waals surface area (Å²) in [6.07, 6.45) is 2.65. The van der Waals surface area contributed by atoms with Crippen molar-refractivity contribution in [1.29, 1.82) is 0 Å². The molecule has 0 saturated heterocycles. The maximum Gasteiger partial charge on any atom is 0.0344 e. The molecule has 4 aromatic rings.